The number of nitrogens with one attached hydrogen (secondary N) is 1. The summed E-state index contributed by atoms with van der Waals surface area (Å²) in [5, 5.41) is 12.4. The van der Waals surface area contributed by atoms with Crippen molar-refractivity contribution >= 4 is 0 Å². The molecule has 1 aromatic heterocycles. The summed E-state index contributed by atoms with van der Waals surface area (Å²) in [7, 11) is 0. The van der Waals surface area contributed by atoms with Crippen LogP contribution in [0.15, 0.2) is 42.6 Å². The number of nitrogens with zero attached hydrogens (tertiary/aromatic N) is 1. The molecule has 2 aromatic rings. The lowest BCUT2D eigenvalue weighted by Crippen LogP contribution is -2.17. The maximum absolute atomic E-state index is 9.10. The molecule has 0 bridgehead atoms. The minimum Gasteiger partial charge on any atom is -0.439 e. The number of aliphatic hydroxyl groups excluding tert-OH is 1. The Morgan fingerprint density at radius 3 is 2.80 bits per heavy atom. The van der Waals surface area contributed by atoms with Crippen LogP contribution in [0.25, 0.3) is 0 Å². The molecule has 0 saturated heterocycles. The van der Waals surface area contributed by atoms with Crippen molar-refractivity contribution in [3.05, 3.63) is 53.7 Å². The molecule has 0 aliphatic carbocycles. The Balaban J connectivity index is 2.06. The molecule has 1 atom stereocenters. The first-order chi connectivity index (χ1) is 9.72. The first kappa shape index (κ1) is 14.5. The molecular formula is C16H20N2O2. The first-order valence-corrected chi connectivity index (χ1v) is 6.80. The largest absolute Gasteiger partial charge is 0.439 e. The van der Waals surface area contributed by atoms with Crippen LogP contribution in [0, 0.1) is 0 Å². The van der Waals surface area contributed by atoms with Crippen molar-refractivity contribution in [3.63, 3.8) is 0 Å². The molecule has 0 aliphatic rings. The van der Waals surface area contributed by atoms with Crippen LogP contribution in [0.1, 0.15) is 31.0 Å². The molecule has 0 fully saturated rings. The van der Waals surface area contributed by atoms with Crippen molar-refractivity contribution < 1.29 is 9.84 Å². The minimum absolute atomic E-state index is 0.00374. The molecule has 20 heavy (non-hydrogen) atoms. The standard InChI is InChI=1S/C16H20N2O2/c1-3-17-12(2)14-7-8-16(18-10-14)20-15-6-4-5-13(9-15)11-19/h4-10,12,17,19H,3,11H2,1-2H3. The smallest absolute Gasteiger partial charge is 0.219 e. The van der Waals surface area contributed by atoms with E-state index in [1.807, 2.05) is 36.5 Å². The van der Waals surface area contributed by atoms with Crippen molar-refractivity contribution in [2.24, 2.45) is 0 Å². The fourth-order valence-corrected chi connectivity index (χ4v) is 1.96. The second-order valence-corrected chi connectivity index (χ2v) is 4.62. The second kappa shape index (κ2) is 7.03. The zero-order valence-corrected chi connectivity index (χ0v) is 11.8. The molecule has 1 aromatic carbocycles. The van der Waals surface area contributed by atoms with Gasteiger partial charge in [0.05, 0.1) is 6.61 Å². The highest BCUT2D eigenvalue weighted by atomic mass is 16.5. The number of hydrogen-bond donors (Lipinski definition) is 2. The van der Waals surface area contributed by atoms with Crippen molar-refractivity contribution in [2.75, 3.05) is 6.54 Å². The van der Waals surface area contributed by atoms with Crippen LogP contribution in [-0.2, 0) is 6.61 Å². The highest BCUT2D eigenvalue weighted by Gasteiger charge is 2.05. The van der Waals surface area contributed by atoms with Gasteiger partial charge >= 0.3 is 0 Å². The summed E-state index contributed by atoms with van der Waals surface area (Å²) in [5.41, 5.74) is 1.95. The van der Waals surface area contributed by atoms with Gasteiger partial charge in [-0.15, -0.1) is 0 Å². The lowest BCUT2D eigenvalue weighted by molar-refractivity contribution is 0.281. The average Bonchev–Trinajstić information content (AvgIpc) is 2.48. The summed E-state index contributed by atoms with van der Waals surface area (Å²) < 4.78 is 5.67. The van der Waals surface area contributed by atoms with Crippen molar-refractivity contribution in [3.8, 4) is 11.6 Å². The van der Waals surface area contributed by atoms with Crippen LogP contribution < -0.4 is 10.1 Å². The number of ether oxygens (including phenoxy) is 1. The fourth-order valence-electron chi connectivity index (χ4n) is 1.96. The quantitative estimate of drug-likeness (QED) is 0.848. The van der Waals surface area contributed by atoms with Crippen molar-refractivity contribution in [1.29, 1.82) is 0 Å². The number of rotatable bonds is 6. The zero-order valence-electron chi connectivity index (χ0n) is 11.8. The molecular weight excluding hydrogens is 252 g/mol. The monoisotopic (exact) mass is 272 g/mol. The van der Waals surface area contributed by atoms with Gasteiger partial charge in [-0.3, -0.25) is 0 Å². The predicted molar refractivity (Wildman–Crippen MR) is 78.8 cm³/mol. The first-order valence-electron chi connectivity index (χ1n) is 6.80. The molecule has 4 nitrogen and oxygen atoms in total. The summed E-state index contributed by atoms with van der Waals surface area (Å²) in [5.74, 6) is 1.23. The molecule has 2 N–H and O–H groups in total. The minimum atomic E-state index is 0.00374. The van der Waals surface area contributed by atoms with Crippen LogP contribution in [0.3, 0.4) is 0 Å². The van der Waals surface area contributed by atoms with E-state index < -0.39 is 0 Å². The van der Waals surface area contributed by atoms with Crippen molar-refractivity contribution in [2.45, 2.75) is 26.5 Å². The van der Waals surface area contributed by atoms with Gasteiger partial charge in [-0.25, -0.2) is 4.98 Å². The van der Waals surface area contributed by atoms with E-state index in [4.69, 9.17) is 9.84 Å². The molecule has 0 amide bonds. The number of hydrogen-bond acceptors (Lipinski definition) is 4. The average molecular weight is 272 g/mol. The van der Waals surface area contributed by atoms with E-state index >= 15 is 0 Å². The Kier molecular flexibility index (Phi) is 5.09. The van der Waals surface area contributed by atoms with E-state index in [9.17, 15) is 0 Å². The molecule has 1 heterocycles. The van der Waals surface area contributed by atoms with Crippen LogP contribution in [0.4, 0.5) is 0 Å². The van der Waals surface area contributed by atoms with Crippen molar-refractivity contribution in [1.82, 2.24) is 10.3 Å². The number of pyridine rings is 1. The Hall–Kier alpha value is -1.91. The summed E-state index contributed by atoms with van der Waals surface area (Å²) in [6.45, 7) is 5.11. The topological polar surface area (TPSA) is 54.4 Å². The van der Waals surface area contributed by atoms with Gasteiger partial charge in [0.2, 0.25) is 5.88 Å². The molecule has 0 radical (unpaired) electrons. The van der Waals surface area contributed by atoms with Gasteiger partial charge in [-0.05, 0) is 36.7 Å². The van der Waals surface area contributed by atoms with E-state index in [1.54, 1.807) is 6.07 Å². The highest BCUT2D eigenvalue weighted by Crippen LogP contribution is 2.21. The lowest BCUT2D eigenvalue weighted by atomic mass is 10.1. The molecule has 106 valence electrons. The summed E-state index contributed by atoms with van der Waals surface area (Å²) in [6.07, 6.45) is 1.82. The maximum atomic E-state index is 9.10. The van der Waals surface area contributed by atoms with Gasteiger partial charge in [0.1, 0.15) is 5.75 Å². The van der Waals surface area contributed by atoms with Gasteiger partial charge < -0.3 is 15.2 Å². The van der Waals surface area contributed by atoms with Gasteiger partial charge in [0, 0.05) is 18.3 Å². The van der Waals surface area contributed by atoms with Gasteiger partial charge in [-0.1, -0.05) is 25.1 Å². The van der Waals surface area contributed by atoms with Gasteiger partial charge in [0.25, 0.3) is 0 Å². The second-order valence-electron chi connectivity index (χ2n) is 4.62. The lowest BCUT2D eigenvalue weighted by Gasteiger charge is -2.12. The Morgan fingerprint density at radius 2 is 2.15 bits per heavy atom. The van der Waals surface area contributed by atoms with E-state index in [0.717, 1.165) is 17.7 Å². The number of aliphatic hydroxyl groups is 1. The molecule has 0 aliphatic heterocycles. The predicted octanol–water partition coefficient (Wildman–Crippen LogP) is 3.04. The van der Waals surface area contributed by atoms with E-state index in [-0.39, 0.29) is 12.6 Å². The summed E-state index contributed by atoms with van der Waals surface area (Å²) >= 11 is 0. The van der Waals surface area contributed by atoms with Gasteiger partial charge in [0.15, 0.2) is 0 Å². The highest BCUT2D eigenvalue weighted by molar-refractivity contribution is 5.32. The Bertz CT molecular complexity index is 540. The summed E-state index contributed by atoms with van der Waals surface area (Å²) in [4.78, 5) is 4.31. The third-order valence-electron chi connectivity index (χ3n) is 3.07. The van der Waals surface area contributed by atoms with Crippen LogP contribution >= 0.6 is 0 Å². The van der Waals surface area contributed by atoms with E-state index in [0.29, 0.717) is 11.6 Å². The molecule has 1 unspecified atom stereocenters. The van der Waals surface area contributed by atoms with Gasteiger partial charge in [-0.2, -0.15) is 0 Å². The van der Waals surface area contributed by atoms with E-state index in [2.05, 4.69) is 24.1 Å². The molecule has 0 spiro atoms. The number of benzene rings is 1. The molecule has 0 saturated carbocycles. The third kappa shape index (κ3) is 3.79. The maximum Gasteiger partial charge on any atom is 0.219 e. The van der Waals surface area contributed by atoms with Crippen LogP contribution in [-0.4, -0.2) is 16.6 Å². The number of aromatic nitrogens is 1. The van der Waals surface area contributed by atoms with E-state index in [1.165, 1.54) is 0 Å². The third-order valence-corrected chi connectivity index (χ3v) is 3.07. The SMILES string of the molecule is CCNC(C)c1ccc(Oc2cccc(CO)c2)nc1. The zero-order chi connectivity index (χ0) is 14.4. The summed E-state index contributed by atoms with van der Waals surface area (Å²) in [6, 6.07) is 11.5. The fraction of sp³-hybridized carbons (Fsp3) is 0.312. The van der Waals surface area contributed by atoms with Crippen LogP contribution in [0.2, 0.25) is 0 Å². The Morgan fingerprint density at radius 1 is 1.30 bits per heavy atom. The molecule has 4 heteroatoms. The Labute approximate surface area is 119 Å². The van der Waals surface area contributed by atoms with Crippen LogP contribution in [0.5, 0.6) is 11.6 Å². The molecule has 2 rings (SSSR count). The normalized spacial score (nSPS) is 12.2.